The molecule has 144 valence electrons. The van der Waals surface area contributed by atoms with Gasteiger partial charge in [-0.3, -0.25) is 4.79 Å². The summed E-state index contributed by atoms with van der Waals surface area (Å²) in [6, 6.07) is 12.8. The maximum Gasteiger partial charge on any atom is 0.270 e. The maximum atomic E-state index is 13.3. The fourth-order valence-electron chi connectivity index (χ4n) is 2.53. The van der Waals surface area contributed by atoms with E-state index in [1.807, 2.05) is 6.07 Å². The molecule has 0 unspecified atom stereocenters. The molecule has 8 heteroatoms. The molecule has 0 spiro atoms. The molecule has 0 radical (unpaired) electrons. The van der Waals surface area contributed by atoms with Crippen LogP contribution in [-0.4, -0.2) is 30.1 Å². The number of anilines is 2. The molecule has 7 nitrogen and oxygen atoms in total. The SMILES string of the molecule is COc1ccc(CNC(=O)c2cc(Nc3cccc(F)c3)ncn2)cc1OC. The van der Waals surface area contributed by atoms with E-state index in [2.05, 4.69) is 20.6 Å². The number of aromatic nitrogens is 2. The molecule has 0 saturated carbocycles. The third-order valence-corrected chi connectivity index (χ3v) is 3.90. The van der Waals surface area contributed by atoms with E-state index in [9.17, 15) is 9.18 Å². The molecule has 2 N–H and O–H groups in total. The van der Waals surface area contributed by atoms with Crippen molar-refractivity contribution in [3.8, 4) is 11.5 Å². The minimum Gasteiger partial charge on any atom is -0.493 e. The van der Waals surface area contributed by atoms with E-state index in [1.165, 1.54) is 24.5 Å². The van der Waals surface area contributed by atoms with Crippen LogP contribution in [-0.2, 0) is 6.54 Å². The number of amides is 1. The van der Waals surface area contributed by atoms with Crippen molar-refractivity contribution in [2.75, 3.05) is 19.5 Å². The van der Waals surface area contributed by atoms with Crippen LogP contribution < -0.4 is 20.1 Å². The molecule has 0 saturated heterocycles. The summed E-state index contributed by atoms with van der Waals surface area (Å²) in [4.78, 5) is 20.5. The summed E-state index contributed by atoms with van der Waals surface area (Å²) in [6.07, 6.45) is 1.27. The predicted octanol–water partition coefficient (Wildman–Crippen LogP) is 3.31. The van der Waals surface area contributed by atoms with Gasteiger partial charge in [-0.1, -0.05) is 12.1 Å². The van der Waals surface area contributed by atoms with E-state index in [0.29, 0.717) is 23.0 Å². The third-order valence-electron chi connectivity index (χ3n) is 3.90. The van der Waals surface area contributed by atoms with Gasteiger partial charge in [-0.15, -0.1) is 0 Å². The van der Waals surface area contributed by atoms with E-state index in [0.717, 1.165) is 5.56 Å². The molecule has 1 aromatic heterocycles. The second-order valence-electron chi connectivity index (χ2n) is 5.80. The van der Waals surface area contributed by atoms with Gasteiger partial charge in [0.25, 0.3) is 5.91 Å². The molecular formula is C20H19FN4O3. The summed E-state index contributed by atoms with van der Waals surface area (Å²) in [5, 5.41) is 5.73. The summed E-state index contributed by atoms with van der Waals surface area (Å²) < 4.78 is 23.7. The summed E-state index contributed by atoms with van der Waals surface area (Å²) in [5.41, 5.74) is 1.56. The summed E-state index contributed by atoms with van der Waals surface area (Å²) in [7, 11) is 3.11. The van der Waals surface area contributed by atoms with E-state index in [4.69, 9.17) is 9.47 Å². The Morgan fingerprint density at radius 1 is 1.04 bits per heavy atom. The molecular weight excluding hydrogens is 363 g/mol. The number of methoxy groups -OCH3 is 2. The lowest BCUT2D eigenvalue weighted by Crippen LogP contribution is -2.24. The van der Waals surface area contributed by atoms with Crippen molar-refractivity contribution in [1.29, 1.82) is 0 Å². The number of nitrogens with zero attached hydrogens (tertiary/aromatic N) is 2. The van der Waals surface area contributed by atoms with Gasteiger partial charge < -0.3 is 20.1 Å². The van der Waals surface area contributed by atoms with Crippen LogP contribution in [0.25, 0.3) is 0 Å². The highest BCUT2D eigenvalue weighted by Gasteiger charge is 2.10. The first-order valence-electron chi connectivity index (χ1n) is 8.43. The van der Waals surface area contributed by atoms with E-state index < -0.39 is 0 Å². The Morgan fingerprint density at radius 3 is 2.61 bits per heavy atom. The zero-order valence-electron chi connectivity index (χ0n) is 15.4. The highest BCUT2D eigenvalue weighted by atomic mass is 19.1. The van der Waals surface area contributed by atoms with Gasteiger partial charge in [-0.05, 0) is 35.9 Å². The highest BCUT2D eigenvalue weighted by Crippen LogP contribution is 2.27. The minimum absolute atomic E-state index is 0.189. The number of nitrogens with one attached hydrogen (secondary N) is 2. The molecule has 1 heterocycles. The standard InChI is InChI=1S/C20H19FN4O3/c1-27-17-7-6-13(8-18(17)28-2)11-22-20(26)16-10-19(24-12-23-16)25-15-5-3-4-14(21)9-15/h3-10,12H,11H2,1-2H3,(H,22,26)(H,23,24,25). The van der Waals surface area contributed by atoms with Crippen LogP contribution in [0.2, 0.25) is 0 Å². The van der Waals surface area contributed by atoms with Crippen LogP contribution in [0.1, 0.15) is 16.1 Å². The van der Waals surface area contributed by atoms with Crippen LogP contribution in [0.15, 0.2) is 54.9 Å². The van der Waals surface area contributed by atoms with Crippen LogP contribution >= 0.6 is 0 Å². The fourth-order valence-corrected chi connectivity index (χ4v) is 2.53. The molecule has 0 fully saturated rings. The molecule has 28 heavy (non-hydrogen) atoms. The lowest BCUT2D eigenvalue weighted by Gasteiger charge is -2.10. The monoisotopic (exact) mass is 382 g/mol. The second kappa shape index (κ2) is 8.81. The Bertz CT molecular complexity index is 981. The highest BCUT2D eigenvalue weighted by molar-refractivity contribution is 5.92. The van der Waals surface area contributed by atoms with Gasteiger partial charge in [0.05, 0.1) is 14.2 Å². The van der Waals surface area contributed by atoms with Gasteiger partial charge in [0, 0.05) is 18.3 Å². The summed E-state index contributed by atoms with van der Waals surface area (Å²) >= 11 is 0. The predicted molar refractivity (Wildman–Crippen MR) is 102 cm³/mol. The molecule has 3 aromatic rings. The Labute approximate surface area is 161 Å². The number of hydrogen-bond donors (Lipinski definition) is 2. The maximum absolute atomic E-state index is 13.3. The van der Waals surface area contributed by atoms with Crippen LogP contribution in [0.3, 0.4) is 0 Å². The van der Waals surface area contributed by atoms with Crippen molar-refractivity contribution in [3.63, 3.8) is 0 Å². The summed E-state index contributed by atoms with van der Waals surface area (Å²) in [5.74, 6) is 0.850. The van der Waals surface area contributed by atoms with Crippen LogP contribution in [0.5, 0.6) is 11.5 Å². The lowest BCUT2D eigenvalue weighted by molar-refractivity contribution is 0.0945. The zero-order chi connectivity index (χ0) is 19.9. The van der Waals surface area contributed by atoms with Crippen molar-refractivity contribution in [1.82, 2.24) is 15.3 Å². The zero-order valence-corrected chi connectivity index (χ0v) is 15.4. The van der Waals surface area contributed by atoms with Gasteiger partial charge in [0.15, 0.2) is 11.5 Å². The largest absolute Gasteiger partial charge is 0.493 e. The molecule has 3 rings (SSSR count). The van der Waals surface area contributed by atoms with E-state index >= 15 is 0 Å². The van der Waals surface area contributed by atoms with Crippen molar-refractivity contribution in [2.24, 2.45) is 0 Å². The molecule has 0 bridgehead atoms. The average Bonchev–Trinajstić information content (AvgIpc) is 2.72. The number of halogens is 1. The molecule has 0 aliphatic rings. The van der Waals surface area contributed by atoms with Crippen molar-refractivity contribution >= 4 is 17.4 Å². The van der Waals surface area contributed by atoms with Crippen LogP contribution in [0, 0.1) is 5.82 Å². The van der Waals surface area contributed by atoms with Gasteiger partial charge >= 0.3 is 0 Å². The molecule has 0 atom stereocenters. The normalized spacial score (nSPS) is 10.2. The van der Waals surface area contributed by atoms with Crippen molar-refractivity contribution < 1.29 is 18.7 Å². The number of ether oxygens (including phenoxy) is 2. The quantitative estimate of drug-likeness (QED) is 0.652. The molecule has 1 amide bonds. The average molecular weight is 382 g/mol. The smallest absolute Gasteiger partial charge is 0.270 e. The van der Waals surface area contributed by atoms with E-state index in [1.54, 1.807) is 38.5 Å². The Kier molecular flexibility index (Phi) is 6.01. The first-order valence-corrected chi connectivity index (χ1v) is 8.43. The number of rotatable bonds is 7. The Morgan fingerprint density at radius 2 is 1.86 bits per heavy atom. The number of carbonyl (C=O) groups excluding carboxylic acids is 1. The summed E-state index contributed by atoms with van der Waals surface area (Å²) in [6.45, 7) is 0.288. The van der Waals surface area contributed by atoms with Crippen LogP contribution in [0.4, 0.5) is 15.9 Å². The Hall–Kier alpha value is -3.68. The van der Waals surface area contributed by atoms with Gasteiger partial charge in [-0.2, -0.15) is 0 Å². The second-order valence-corrected chi connectivity index (χ2v) is 5.80. The van der Waals surface area contributed by atoms with Gasteiger partial charge in [0.1, 0.15) is 23.7 Å². The minimum atomic E-state index is -0.369. The van der Waals surface area contributed by atoms with Crippen molar-refractivity contribution in [3.05, 3.63) is 71.9 Å². The first kappa shape index (κ1) is 19.1. The van der Waals surface area contributed by atoms with Gasteiger partial charge in [-0.25, -0.2) is 14.4 Å². The van der Waals surface area contributed by atoms with Gasteiger partial charge in [0.2, 0.25) is 0 Å². The number of hydrogen-bond acceptors (Lipinski definition) is 6. The molecule has 0 aliphatic carbocycles. The van der Waals surface area contributed by atoms with Crippen molar-refractivity contribution in [2.45, 2.75) is 6.54 Å². The number of carbonyl (C=O) groups is 1. The first-order chi connectivity index (χ1) is 13.6. The topological polar surface area (TPSA) is 85.4 Å². The van der Waals surface area contributed by atoms with E-state index in [-0.39, 0.29) is 24.0 Å². The lowest BCUT2D eigenvalue weighted by atomic mass is 10.2. The Balaban J connectivity index is 1.66. The fraction of sp³-hybridized carbons (Fsp3) is 0.150. The third kappa shape index (κ3) is 4.73. The molecule has 0 aliphatic heterocycles. The molecule has 2 aromatic carbocycles. The number of benzene rings is 2.